The number of halogens is 3. The minimum atomic E-state index is -1.49. The molecular formula is C15H16F3N3OS. The Bertz CT molecular complexity index is 641. The van der Waals surface area contributed by atoms with Gasteiger partial charge in [-0.1, -0.05) is 6.92 Å². The van der Waals surface area contributed by atoms with Gasteiger partial charge in [0.2, 0.25) is 0 Å². The fourth-order valence-corrected chi connectivity index (χ4v) is 2.64. The van der Waals surface area contributed by atoms with Crippen LogP contribution in [0.15, 0.2) is 23.7 Å². The summed E-state index contributed by atoms with van der Waals surface area (Å²) in [6.07, 6.45) is 1.90. The van der Waals surface area contributed by atoms with Crippen LogP contribution in [-0.2, 0) is 6.42 Å². The van der Waals surface area contributed by atoms with E-state index >= 15 is 0 Å². The molecule has 4 nitrogen and oxygen atoms in total. The molecule has 0 bridgehead atoms. The van der Waals surface area contributed by atoms with E-state index in [2.05, 4.69) is 15.6 Å². The number of thiazole rings is 1. The molecule has 0 spiro atoms. The summed E-state index contributed by atoms with van der Waals surface area (Å²) in [6.45, 7) is 2.56. The van der Waals surface area contributed by atoms with E-state index in [9.17, 15) is 18.0 Å². The third-order valence-corrected chi connectivity index (χ3v) is 4.19. The lowest BCUT2D eigenvalue weighted by Crippen LogP contribution is -2.38. The molecule has 0 aliphatic carbocycles. The summed E-state index contributed by atoms with van der Waals surface area (Å²) in [4.78, 5) is 15.8. The Labute approximate surface area is 135 Å². The zero-order valence-electron chi connectivity index (χ0n) is 12.4. The number of carbonyl (C=O) groups excluding carboxylic acids is 1. The number of aromatic nitrogens is 1. The van der Waals surface area contributed by atoms with Crippen LogP contribution in [-0.4, -0.2) is 24.1 Å². The number of carbonyl (C=O) groups is 1. The highest BCUT2D eigenvalue weighted by molar-refractivity contribution is 7.09. The standard InChI is InChI=1S/C15H16F3N3OS/c1-9(14-19-4-5-23-14)8-21-15(22)20-3-2-10-6-11(16)13(18)12(17)7-10/h4-7,9H,2-3,8H2,1H3,(H2,20,21,22). The molecule has 124 valence electrons. The molecule has 1 aromatic heterocycles. The van der Waals surface area contributed by atoms with Crippen LogP contribution < -0.4 is 10.6 Å². The SMILES string of the molecule is CC(CNC(=O)NCCc1cc(F)c(F)c(F)c1)c1nccs1. The van der Waals surface area contributed by atoms with Crippen molar-refractivity contribution in [3.05, 3.63) is 51.7 Å². The molecular weight excluding hydrogens is 327 g/mol. The minimum Gasteiger partial charge on any atom is -0.338 e. The van der Waals surface area contributed by atoms with Crippen LogP contribution in [0.1, 0.15) is 23.4 Å². The fourth-order valence-electron chi connectivity index (χ4n) is 1.95. The van der Waals surface area contributed by atoms with Crippen molar-refractivity contribution in [1.82, 2.24) is 15.6 Å². The Hall–Kier alpha value is -2.09. The van der Waals surface area contributed by atoms with E-state index in [0.717, 1.165) is 17.1 Å². The van der Waals surface area contributed by atoms with Crippen LogP contribution in [0.3, 0.4) is 0 Å². The molecule has 1 unspecified atom stereocenters. The summed E-state index contributed by atoms with van der Waals surface area (Å²) in [7, 11) is 0. The Morgan fingerprint density at radius 3 is 2.57 bits per heavy atom. The van der Waals surface area contributed by atoms with Crippen LogP contribution >= 0.6 is 11.3 Å². The molecule has 0 radical (unpaired) electrons. The molecule has 0 aliphatic heterocycles. The summed E-state index contributed by atoms with van der Waals surface area (Å²) in [5.74, 6) is -3.86. The quantitative estimate of drug-likeness (QED) is 0.792. The lowest BCUT2D eigenvalue weighted by molar-refractivity contribution is 0.240. The zero-order valence-corrected chi connectivity index (χ0v) is 13.2. The van der Waals surface area contributed by atoms with E-state index in [1.165, 1.54) is 11.3 Å². The summed E-state index contributed by atoms with van der Waals surface area (Å²) in [5, 5.41) is 8.08. The number of hydrogen-bond acceptors (Lipinski definition) is 3. The van der Waals surface area contributed by atoms with Gasteiger partial charge in [-0.3, -0.25) is 0 Å². The second-order valence-corrected chi connectivity index (χ2v) is 5.96. The molecule has 2 amide bonds. The van der Waals surface area contributed by atoms with E-state index in [-0.39, 0.29) is 30.5 Å². The molecule has 0 saturated heterocycles. The van der Waals surface area contributed by atoms with E-state index < -0.39 is 17.5 Å². The first-order valence-corrected chi connectivity index (χ1v) is 7.90. The van der Waals surface area contributed by atoms with Crippen molar-refractivity contribution in [2.75, 3.05) is 13.1 Å². The van der Waals surface area contributed by atoms with E-state index in [4.69, 9.17) is 0 Å². The third kappa shape index (κ3) is 4.95. The predicted molar refractivity (Wildman–Crippen MR) is 82.0 cm³/mol. The van der Waals surface area contributed by atoms with Gasteiger partial charge in [-0.15, -0.1) is 11.3 Å². The number of rotatable bonds is 6. The predicted octanol–water partition coefficient (Wildman–Crippen LogP) is 3.21. The van der Waals surface area contributed by atoms with Crippen molar-refractivity contribution in [3.63, 3.8) is 0 Å². The second-order valence-electron chi connectivity index (χ2n) is 5.03. The summed E-state index contributed by atoms with van der Waals surface area (Å²) < 4.78 is 38.9. The van der Waals surface area contributed by atoms with Gasteiger partial charge < -0.3 is 10.6 Å². The Morgan fingerprint density at radius 1 is 1.26 bits per heavy atom. The number of benzene rings is 1. The highest BCUT2D eigenvalue weighted by Crippen LogP contribution is 2.16. The Balaban J connectivity index is 1.72. The maximum atomic E-state index is 13.1. The van der Waals surface area contributed by atoms with Gasteiger partial charge in [0, 0.05) is 30.6 Å². The van der Waals surface area contributed by atoms with Crippen LogP contribution in [0.5, 0.6) is 0 Å². The van der Waals surface area contributed by atoms with Gasteiger partial charge >= 0.3 is 6.03 Å². The van der Waals surface area contributed by atoms with Gasteiger partial charge in [-0.25, -0.2) is 22.9 Å². The van der Waals surface area contributed by atoms with Gasteiger partial charge in [0.25, 0.3) is 0 Å². The molecule has 1 heterocycles. The number of nitrogens with one attached hydrogen (secondary N) is 2. The smallest absolute Gasteiger partial charge is 0.314 e. The van der Waals surface area contributed by atoms with Crippen molar-refractivity contribution >= 4 is 17.4 Å². The van der Waals surface area contributed by atoms with Crippen molar-refractivity contribution in [2.24, 2.45) is 0 Å². The molecule has 8 heteroatoms. The molecule has 0 saturated carbocycles. The van der Waals surface area contributed by atoms with Crippen LogP contribution in [0.25, 0.3) is 0 Å². The fraction of sp³-hybridized carbons (Fsp3) is 0.333. The first-order chi connectivity index (χ1) is 11.0. The van der Waals surface area contributed by atoms with Crippen LogP contribution in [0, 0.1) is 17.5 Å². The average molecular weight is 343 g/mol. The largest absolute Gasteiger partial charge is 0.338 e. The first kappa shape index (κ1) is 17.3. The van der Waals surface area contributed by atoms with Gasteiger partial charge in [-0.2, -0.15) is 0 Å². The number of urea groups is 1. The van der Waals surface area contributed by atoms with E-state index in [0.29, 0.717) is 6.54 Å². The Kier molecular flexibility index (Phi) is 5.97. The van der Waals surface area contributed by atoms with Crippen molar-refractivity contribution < 1.29 is 18.0 Å². The van der Waals surface area contributed by atoms with Crippen LogP contribution in [0.4, 0.5) is 18.0 Å². The molecule has 2 aromatic rings. The molecule has 1 atom stereocenters. The monoisotopic (exact) mass is 343 g/mol. The van der Waals surface area contributed by atoms with Crippen molar-refractivity contribution in [3.8, 4) is 0 Å². The maximum absolute atomic E-state index is 13.1. The third-order valence-electron chi connectivity index (χ3n) is 3.18. The van der Waals surface area contributed by atoms with E-state index in [1.54, 1.807) is 6.20 Å². The highest BCUT2D eigenvalue weighted by Gasteiger charge is 2.11. The molecule has 23 heavy (non-hydrogen) atoms. The maximum Gasteiger partial charge on any atom is 0.314 e. The highest BCUT2D eigenvalue weighted by atomic mass is 32.1. The van der Waals surface area contributed by atoms with Gasteiger partial charge in [0.05, 0.1) is 5.01 Å². The van der Waals surface area contributed by atoms with Crippen LogP contribution in [0.2, 0.25) is 0 Å². The lowest BCUT2D eigenvalue weighted by atomic mass is 10.1. The first-order valence-electron chi connectivity index (χ1n) is 7.02. The van der Waals surface area contributed by atoms with Gasteiger partial charge in [-0.05, 0) is 24.1 Å². The average Bonchev–Trinajstić information content (AvgIpc) is 3.04. The molecule has 1 aromatic carbocycles. The topological polar surface area (TPSA) is 54.0 Å². The van der Waals surface area contributed by atoms with Crippen molar-refractivity contribution in [2.45, 2.75) is 19.3 Å². The van der Waals surface area contributed by atoms with Gasteiger partial charge in [0.15, 0.2) is 17.5 Å². The lowest BCUT2D eigenvalue weighted by Gasteiger charge is -2.11. The normalized spacial score (nSPS) is 12.0. The Morgan fingerprint density at radius 2 is 1.96 bits per heavy atom. The zero-order chi connectivity index (χ0) is 16.8. The van der Waals surface area contributed by atoms with E-state index in [1.807, 2.05) is 12.3 Å². The molecule has 0 fully saturated rings. The molecule has 2 rings (SSSR count). The van der Waals surface area contributed by atoms with Gasteiger partial charge in [0.1, 0.15) is 0 Å². The summed E-state index contributed by atoms with van der Waals surface area (Å²) >= 11 is 1.52. The number of hydrogen-bond donors (Lipinski definition) is 2. The minimum absolute atomic E-state index is 0.0982. The number of nitrogens with zero attached hydrogens (tertiary/aromatic N) is 1. The van der Waals surface area contributed by atoms with Crippen molar-refractivity contribution in [1.29, 1.82) is 0 Å². The summed E-state index contributed by atoms with van der Waals surface area (Å²) in [6, 6.07) is 1.46. The molecule has 2 N–H and O–H groups in total. The molecule has 0 aliphatic rings. The summed E-state index contributed by atoms with van der Waals surface area (Å²) in [5.41, 5.74) is 0.276. The number of amides is 2. The second kappa shape index (κ2) is 7.96.